The van der Waals surface area contributed by atoms with E-state index in [0.29, 0.717) is 22.4 Å². The number of anilines is 1. The Kier molecular flexibility index (Phi) is 5.94. The first kappa shape index (κ1) is 22.9. The van der Waals surface area contributed by atoms with Crippen LogP contribution in [-0.4, -0.2) is 15.3 Å². The van der Waals surface area contributed by atoms with E-state index in [1.54, 1.807) is 19.1 Å². The van der Waals surface area contributed by atoms with Crippen molar-refractivity contribution < 1.29 is 8.91 Å². The van der Waals surface area contributed by atoms with Crippen LogP contribution in [0.3, 0.4) is 0 Å². The van der Waals surface area contributed by atoms with Gasteiger partial charge < -0.3 is 9.84 Å². The van der Waals surface area contributed by atoms with Crippen LogP contribution in [0.15, 0.2) is 77.0 Å². The zero-order valence-electron chi connectivity index (χ0n) is 20.0. The van der Waals surface area contributed by atoms with E-state index in [0.717, 1.165) is 28.1 Å². The molecule has 0 radical (unpaired) electrons. The molecule has 1 unspecified atom stereocenters. The smallest absolute Gasteiger partial charge is 0.258 e. The van der Waals surface area contributed by atoms with Crippen LogP contribution < -0.4 is 10.2 Å². The molecule has 2 heterocycles. The van der Waals surface area contributed by atoms with E-state index in [1.165, 1.54) is 17.2 Å². The molecule has 5 nitrogen and oxygen atoms in total. The molecule has 0 saturated carbocycles. The normalized spacial score (nSPS) is 16.0. The third-order valence-corrected chi connectivity index (χ3v) is 6.74. The summed E-state index contributed by atoms with van der Waals surface area (Å²) in [4.78, 5) is 6.64. The van der Waals surface area contributed by atoms with Crippen molar-refractivity contribution >= 4 is 28.6 Å². The third-order valence-electron chi connectivity index (χ3n) is 6.44. The van der Waals surface area contributed by atoms with Crippen molar-refractivity contribution in [3.63, 3.8) is 0 Å². The second-order valence-corrected chi connectivity index (χ2v) is 9.17. The van der Waals surface area contributed by atoms with Crippen molar-refractivity contribution in [1.82, 2.24) is 15.5 Å². The van der Waals surface area contributed by atoms with Crippen molar-refractivity contribution in [2.24, 2.45) is 0 Å². The maximum Gasteiger partial charge on any atom is 0.258 e. The highest BCUT2D eigenvalue weighted by Crippen LogP contribution is 2.39. The van der Waals surface area contributed by atoms with Crippen LogP contribution in [0.25, 0.3) is 17.0 Å². The van der Waals surface area contributed by atoms with Gasteiger partial charge in [0.1, 0.15) is 5.82 Å². The molecule has 176 valence electrons. The maximum atomic E-state index is 14.0. The highest BCUT2D eigenvalue weighted by atomic mass is 32.1. The zero-order chi connectivity index (χ0) is 24.7. The first-order valence-corrected chi connectivity index (χ1v) is 11.8. The molecule has 1 aromatic heterocycles. The fourth-order valence-electron chi connectivity index (χ4n) is 4.33. The van der Waals surface area contributed by atoms with Gasteiger partial charge in [0.2, 0.25) is 5.82 Å². The summed E-state index contributed by atoms with van der Waals surface area (Å²) >= 11 is 5.80. The van der Waals surface area contributed by atoms with E-state index in [2.05, 4.69) is 42.5 Å². The van der Waals surface area contributed by atoms with Crippen molar-refractivity contribution in [3.05, 3.63) is 106 Å². The number of hydrogen-bond acceptors (Lipinski definition) is 4. The highest BCUT2D eigenvalue weighted by molar-refractivity contribution is 7.80. The molecule has 4 aromatic rings. The predicted octanol–water partition coefficient (Wildman–Crippen LogP) is 6.67. The van der Waals surface area contributed by atoms with Gasteiger partial charge in [-0.3, -0.25) is 4.90 Å². The molecule has 0 aliphatic carbocycles. The number of nitrogens with zero attached hydrogens (tertiary/aromatic N) is 3. The first-order chi connectivity index (χ1) is 16.8. The molecule has 0 saturated heterocycles. The average molecular weight is 485 g/mol. The van der Waals surface area contributed by atoms with Crippen LogP contribution in [0.2, 0.25) is 0 Å². The van der Waals surface area contributed by atoms with Gasteiger partial charge in [0.25, 0.3) is 5.89 Å². The Morgan fingerprint density at radius 1 is 0.914 bits per heavy atom. The number of hydrogen-bond donors (Lipinski definition) is 1. The van der Waals surface area contributed by atoms with Crippen LogP contribution in [0.4, 0.5) is 10.1 Å². The summed E-state index contributed by atoms with van der Waals surface area (Å²) in [6, 6.07) is 20.7. The third kappa shape index (κ3) is 4.23. The molecule has 5 rings (SSSR count). The Hall–Kier alpha value is -3.84. The fourth-order valence-corrected chi connectivity index (χ4v) is 4.69. The van der Waals surface area contributed by atoms with E-state index in [-0.39, 0.29) is 11.9 Å². The van der Waals surface area contributed by atoms with Gasteiger partial charge in [0.05, 0.1) is 11.6 Å². The average Bonchev–Trinajstić information content (AvgIpc) is 3.33. The molecule has 1 atom stereocenters. The Labute approximate surface area is 209 Å². The van der Waals surface area contributed by atoms with Crippen molar-refractivity contribution in [2.45, 2.75) is 33.7 Å². The van der Waals surface area contributed by atoms with Gasteiger partial charge in [0, 0.05) is 16.9 Å². The number of allylic oxidation sites excluding steroid dienone is 1. The lowest BCUT2D eigenvalue weighted by molar-refractivity contribution is 0.404. The second kappa shape index (κ2) is 9.07. The summed E-state index contributed by atoms with van der Waals surface area (Å²) in [5.74, 6) is 0.657. The van der Waals surface area contributed by atoms with E-state index < -0.39 is 0 Å². The zero-order valence-corrected chi connectivity index (χ0v) is 20.8. The van der Waals surface area contributed by atoms with E-state index >= 15 is 0 Å². The van der Waals surface area contributed by atoms with Gasteiger partial charge in [0.15, 0.2) is 5.11 Å². The van der Waals surface area contributed by atoms with Gasteiger partial charge >= 0.3 is 0 Å². The SMILES string of the molecule is CC1=C(c2nc(-c3ccccc3)no2)C(c2ccc(C)c(C)c2)NC(=S)N1c1ccc(F)c(C)c1. The van der Waals surface area contributed by atoms with Crippen LogP contribution in [0.1, 0.15) is 41.1 Å². The molecule has 35 heavy (non-hydrogen) atoms. The summed E-state index contributed by atoms with van der Waals surface area (Å²) in [5, 5.41) is 8.23. The number of aryl methyl sites for hydroxylation is 3. The molecule has 0 amide bonds. The number of aromatic nitrogens is 2. The lowest BCUT2D eigenvalue weighted by atomic mass is 9.92. The highest BCUT2D eigenvalue weighted by Gasteiger charge is 2.35. The van der Waals surface area contributed by atoms with Crippen LogP contribution in [-0.2, 0) is 0 Å². The monoisotopic (exact) mass is 484 g/mol. The van der Waals surface area contributed by atoms with Crippen molar-refractivity contribution in [1.29, 1.82) is 0 Å². The largest absolute Gasteiger partial charge is 0.351 e. The molecule has 3 aromatic carbocycles. The molecule has 1 aliphatic rings. The number of benzene rings is 3. The van der Waals surface area contributed by atoms with Crippen LogP contribution in [0, 0.1) is 26.6 Å². The second-order valence-electron chi connectivity index (χ2n) is 8.78. The maximum absolute atomic E-state index is 14.0. The van der Waals surface area contributed by atoms with E-state index in [4.69, 9.17) is 21.7 Å². The Balaban J connectivity index is 1.68. The van der Waals surface area contributed by atoms with Gasteiger partial charge in [-0.2, -0.15) is 4.98 Å². The number of nitrogens with one attached hydrogen (secondary N) is 1. The lowest BCUT2D eigenvalue weighted by Gasteiger charge is -2.37. The molecule has 0 fully saturated rings. The summed E-state index contributed by atoms with van der Waals surface area (Å²) in [5.41, 5.74) is 7.26. The quantitative estimate of drug-likeness (QED) is 0.327. The number of halogens is 1. The topological polar surface area (TPSA) is 54.2 Å². The Bertz CT molecular complexity index is 1460. The molecule has 7 heteroatoms. The first-order valence-electron chi connectivity index (χ1n) is 11.4. The molecule has 0 bridgehead atoms. The number of thiocarbonyl (C=S) groups is 1. The summed E-state index contributed by atoms with van der Waals surface area (Å²) < 4.78 is 19.8. The minimum Gasteiger partial charge on any atom is -0.351 e. The summed E-state index contributed by atoms with van der Waals surface area (Å²) in [7, 11) is 0. The Morgan fingerprint density at radius 3 is 2.40 bits per heavy atom. The summed E-state index contributed by atoms with van der Waals surface area (Å²) in [6.45, 7) is 7.88. The van der Waals surface area contributed by atoms with Gasteiger partial charge in [-0.1, -0.05) is 53.7 Å². The van der Waals surface area contributed by atoms with Crippen molar-refractivity contribution in [2.75, 3.05) is 4.90 Å². The lowest BCUT2D eigenvalue weighted by Crippen LogP contribution is -2.46. The summed E-state index contributed by atoms with van der Waals surface area (Å²) in [6.07, 6.45) is 0. The minimum absolute atomic E-state index is 0.260. The van der Waals surface area contributed by atoms with Gasteiger partial charge in [-0.05, 0) is 80.4 Å². The molecule has 1 aliphatic heterocycles. The van der Waals surface area contributed by atoms with Crippen LogP contribution in [0.5, 0.6) is 0 Å². The van der Waals surface area contributed by atoms with Crippen molar-refractivity contribution in [3.8, 4) is 11.4 Å². The van der Waals surface area contributed by atoms with Gasteiger partial charge in [-0.25, -0.2) is 4.39 Å². The predicted molar refractivity (Wildman–Crippen MR) is 140 cm³/mol. The molecule has 1 N–H and O–H groups in total. The fraction of sp³-hybridized carbons (Fsp3) is 0.179. The minimum atomic E-state index is -0.288. The van der Waals surface area contributed by atoms with E-state index in [1.807, 2.05) is 42.2 Å². The standard InChI is InChI=1S/C28H25FN4OS/c1-16-10-11-21(14-17(16)2)25-24(27-31-26(32-34-27)20-8-6-5-7-9-20)19(4)33(28(35)30-25)22-12-13-23(29)18(3)15-22/h5-15,25H,1-4H3,(H,30,35). The molecule has 0 spiro atoms. The van der Waals surface area contributed by atoms with Crippen LogP contribution >= 0.6 is 12.2 Å². The number of rotatable bonds is 4. The molecular formula is C28H25FN4OS. The van der Waals surface area contributed by atoms with Gasteiger partial charge in [-0.15, -0.1) is 0 Å². The van der Waals surface area contributed by atoms with E-state index in [9.17, 15) is 4.39 Å². The molecular weight excluding hydrogens is 459 g/mol. The Morgan fingerprint density at radius 2 is 1.69 bits per heavy atom.